The van der Waals surface area contributed by atoms with Crippen LogP contribution in [0.3, 0.4) is 0 Å². The normalized spacial score (nSPS) is 10.9. The van der Waals surface area contributed by atoms with Crippen LogP contribution in [0.25, 0.3) is 10.1 Å². The van der Waals surface area contributed by atoms with Gasteiger partial charge in [0.15, 0.2) is 0 Å². The second-order valence-electron chi connectivity index (χ2n) is 2.68. The van der Waals surface area contributed by atoms with Gasteiger partial charge in [0.25, 0.3) is 0 Å². The molecule has 0 amide bonds. The zero-order chi connectivity index (χ0) is 9.42. The maximum atomic E-state index is 5.94. The summed E-state index contributed by atoms with van der Waals surface area (Å²) in [5, 5.41) is 1.19. The van der Waals surface area contributed by atoms with Gasteiger partial charge in [0.05, 0.1) is 2.88 Å². The molecule has 2 N–H and O–H groups in total. The fourth-order valence-electron chi connectivity index (χ4n) is 1.23. The van der Waals surface area contributed by atoms with Crippen LogP contribution in [0, 0.1) is 2.88 Å². The number of thioether (sulfide) groups is 1. The third kappa shape index (κ3) is 1.80. The molecule has 1 aromatic heterocycles. The average Bonchev–Trinajstić information content (AvgIpc) is 2.46. The number of thiophene rings is 1. The number of rotatable bonds is 1. The van der Waals surface area contributed by atoms with E-state index in [1.807, 2.05) is 6.07 Å². The molecule has 0 saturated heterocycles. The number of halogens is 1. The van der Waals surface area contributed by atoms with Gasteiger partial charge in [-0.1, -0.05) is 0 Å². The molecule has 0 saturated carbocycles. The number of hydrogen-bond acceptors (Lipinski definition) is 3. The number of nitrogens with two attached hydrogens (primary N) is 1. The second kappa shape index (κ2) is 3.67. The summed E-state index contributed by atoms with van der Waals surface area (Å²) >= 11 is 5.85. The minimum absolute atomic E-state index is 0.890. The van der Waals surface area contributed by atoms with E-state index in [4.69, 9.17) is 5.73 Å². The predicted octanol–water partition coefficient (Wildman–Crippen LogP) is 3.81. The minimum atomic E-state index is 0.890. The summed E-state index contributed by atoms with van der Waals surface area (Å²) in [4.78, 5) is 1.24. The average molecular weight is 321 g/mol. The van der Waals surface area contributed by atoms with Crippen LogP contribution in [0.15, 0.2) is 23.1 Å². The van der Waals surface area contributed by atoms with Gasteiger partial charge in [0, 0.05) is 20.7 Å². The number of hydrogen-bond donors (Lipinski definition) is 1. The lowest BCUT2D eigenvalue weighted by atomic mass is 10.2. The molecule has 2 rings (SSSR count). The lowest BCUT2D eigenvalue weighted by Gasteiger charge is -1.99. The molecule has 0 unspecified atom stereocenters. The first-order valence-corrected chi connectivity index (χ1v) is 6.85. The zero-order valence-electron chi connectivity index (χ0n) is 7.00. The van der Waals surface area contributed by atoms with Crippen LogP contribution < -0.4 is 5.73 Å². The smallest absolute Gasteiger partial charge is 0.0666 e. The number of benzene rings is 1. The molecule has 0 aliphatic rings. The highest BCUT2D eigenvalue weighted by atomic mass is 127. The Hall–Kier alpha value is 0.0600. The molecule has 68 valence electrons. The Labute approximate surface area is 98.8 Å². The van der Waals surface area contributed by atoms with Crippen molar-refractivity contribution < 1.29 is 0 Å². The van der Waals surface area contributed by atoms with Gasteiger partial charge >= 0.3 is 0 Å². The fourth-order valence-corrected chi connectivity index (χ4v) is 3.66. The number of anilines is 1. The first-order valence-electron chi connectivity index (χ1n) is 3.73. The molecule has 0 fully saturated rings. The van der Waals surface area contributed by atoms with Crippen LogP contribution in [0.5, 0.6) is 0 Å². The van der Waals surface area contributed by atoms with E-state index in [1.165, 1.54) is 17.9 Å². The van der Waals surface area contributed by atoms with E-state index < -0.39 is 0 Å². The highest BCUT2D eigenvalue weighted by Crippen LogP contribution is 2.34. The van der Waals surface area contributed by atoms with Crippen molar-refractivity contribution in [2.45, 2.75) is 4.90 Å². The molecule has 0 atom stereocenters. The quantitative estimate of drug-likeness (QED) is 0.491. The second-order valence-corrected chi connectivity index (χ2v) is 6.54. The lowest BCUT2D eigenvalue weighted by Crippen LogP contribution is -1.84. The summed E-state index contributed by atoms with van der Waals surface area (Å²) in [5.41, 5.74) is 6.83. The molecule has 13 heavy (non-hydrogen) atoms. The highest BCUT2D eigenvalue weighted by Gasteiger charge is 2.04. The summed E-state index contributed by atoms with van der Waals surface area (Å²) in [7, 11) is 0. The number of fused-ring (bicyclic) bond motifs is 1. The van der Waals surface area contributed by atoms with Crippen LogP contribution in [0.1, 0.15) is 0 Å². The Morgan fingerprint density at radius 2 is 2.15 bits per heavy atom. The standard InChI is InChI=1S/C9H8INS2/c1-12-5-2-7(11)6-4-9(10)13-8(6)3-5/h2-4H,11H2,1H3. The van der Waals surface area contributed by atoms with Gasteiger partial charge in [-0.05, 0) is 47.0 Å². The molecule has 0 radical (unpaired) electrons. The topological polar surface area (TPSA) is 26.0 Å². The SMILES string of the molecule is CSc1cc(N)c2cc(I)sc2c1. The Morgan fingerprint density at radius 1 is 1.38 bits per heavy atom. The largest absolute Gasteiger partial charge is 0.398 e. The van der Waals surface area contributed by atoms with E-state index in [2.05, 4.69) is 41.0 Å². The van der Waals surface area contributed by atoms with Crippen molar-refractivity contribution in [2.75, 3.05) is 12.0 Å². The maximum Gasteiger partial charge on any atom is 0.0666 e. The minimum Gasteiger partial charge on any atom is -0.398 e. The van der Waals surface area contributed by atoms with Crippen LogP contribution in [-0.2, 0) is 0 Å². The Balaban J connectivity index is 2.75. The van der Waals surface area contributed by atoms with Gasteiger partial charge in [0.2, 0.25) is 0 Å². The number of nitrogen functional groups attached to an aromatic ring is 1. The third-order valence-corrected chi connectivity index (χ3v) is 4.40. The summed E-state index contributed by atoms with van der Waals surface area (Å²) < 4.78 is 2.58. The first-order chi connectivity index (χ1) is 6.20. The van der Waals surface area contributed by atoms with Gasteiger partial charge in [-0.15, -0.1) is 23.1 Å². The van der Waals surface area contributed by atoms with Crippen molar-refractivity contribution in [2.24, 2.45) is 0 Å². The van der Waals surface area contributed by atoms with Crippen molar-refractivity contribution >= 4 is 61.5 Å². The Kier molecular flexibility index (Phi) is 2.71. The molecule has 0 aliphatic carbocycles. The molecule has 0 aliphatic heterocycles. The van der Waals surface area contributed by atoms with E-state index >= 15 is 0 Å². The van der Waals surface area contributed by atoms with Crippen LogP contribution in [0.2, 0.25) is 0 Å². The summed E-state index contributed by atoms with van der Waals surface area (Å²) in [6.07, 6.45) is 2.07. The fraction of sp³-hybridized carbons (Fsp3) is 0.111. The van der Waals surface area contributed by atoms with E-state index in [9.17, 15) is 0 Å². The molecule has 4 heteroatoms. The van der Waals surface area contributed by atoms with Gasteiger partial charge in [0.1, 0.15) is 0 Å². The van der Waals surface area contributed by atoms with Gasteiger partial charge in [-0.2, -0.15) is 0 Å². The first kappa shape index (κ1) is 9.61. The van der Waals surface area contributed by atoms with Crippen molar-refractivity contribution in [1.29, 1.82) is 0 Å². The lowest BCUT2D eigenvalue weighted by molar-refractivity contribution is 1.53. The zero-order valence-corrected chi connectivity index (χ0v) is 10.8. The van der Waals surface area contributed by atoms with Crippen molar-refractivity contribution in [3.63, 3.8) is 0 Å². The van der Waals surface area contributed by atoms with Crippen molar-refractivity contribution in [3.8, 4) is 0 Å². The molecule has 1 aromatic carbocycles. The van der Waals surface area contributed by atoms with Gasteiger partial charge in [-0.25, -0.2) is 0 Å². The molecule has 1 nitrogen and oxygen atoms in total. The summed E-state index contributed by atoms with van der Waals surface area (Å²) in [5.74, 6) is 0. The predicted molar refractivity (Wildman–Crippen MR) is 70.7 cm³/mol. The van der Waals surface area contributed by atoms with Gasteiger partial charge < -0.3 is 5.73 Å². The monoisotopic (exact) mass is 321 g/mol. The molecular weight excluding hydrogens is 313 g/mol. The van der Waals surface area contributed by atoms with E-state index in [1.54, 1.807) is 23.1 Å². The maximum absolute atomic E-state index is 5.94. The molecule has 2 aromatic rings. The molecule has 0 spiro atoms. The van der Waals surface area contributed by atoms with E-state index in [0.29, 0.717) is 0 Å². The van der Waals surface area contributed by atoms with E-state index in [-0.39, 0.29) is 0 Å². The van der Waals surface area contributed by atoms with Crippen LogP contribution in [0.4, 0.5) is 5.69 Å². The van der Waals surface area contributed by atoms with Crippen LogP contribution in [-0.4, -0.2) is 6.26 Å². The Morgan fingerprint density at radius 3 is 2.85 bits per heavy atom. The van der Waals surface area contributed by atoms with Crippen molar-refractivity contribution in [3.05, 3.63) is 21.1 Å². The molecule has 1 heterocycles. The Bertz CT molecular complexity index is 450. The van der Waals surface area contributed by atoms with E-state index in [0.717, 1.165) is 5.69 Å². The van der Waals surface area contributed by atoms with Gasteiger partial charge in [-0.3, -0.25) is 0 Å². The molecule has 0 bridgehead atoms. The third-order valence-electron chi connectivity index (χ3n) is 1.85. The summed E-state index contributed by atoms with van der Waals surface area (Å²) in [6, 6.07) is 6.37. The van der Waals surface area contributed by atoms with Crippen LogP contribution >= 0.6 is 45.7 Å². The molecular formula is C9H8INS2. The summed E-state index contributed by atoms with van der Waals surface area (Å²) in [6.45, 7) is 0. The van der Waals surface area contributed by atoms with Crippen molar-refractivity contribution in [1.82, 2.24) is 0 Å². The highest BCUT2D eigenvalue weighted by molar-refractivity contribution is 14.1.